The van der Waals surface area contributed by atoms with E-state index in [4.69, 9.17) is 104 Å². The highest BCUT2D eigenvalue weighted by atomic mass is 35.5. The highest BCUT2D eigenvalue weighted by Gasteiger charge is 2.31. The normalized spacial score (nSPS) is 14.5. The summed E-state index contributed by atoms with van der Waals surface area (Å²) in [5.41, 5.74) is 17.4. The number of hydrogen-bond donors (Lipinski definition) is 3. The van der Waals surface area contributed by atoms with Crippen LogP contribution in [0.1, 0.15) is 91.2 Å². The maximum Gasteiger partial charge on any atom is 0.416 e. The van der Waals surface area contributed by atoms with Gasteiger partial charge in [0, 0.05) is 240 Å². The van der Waals surface area contributed by atoms with Gasteiger partial charge in [-0.25, -0.2) is 34.3 Å². The highest BCUT2D eigenvalue weighted by Crippen LogP contribution is 2.32. The number of nitrogens with two attached hydrogens (primary N) is 1. The molecule has 5 aliphatic heterocycles. The van der Waals surface area contributed by atoms with Crippen LogP contribution < -0.4 is 30.7 Å². The molecule has 660 valence electrons. The number of halogens is 11. The molecule has 2 aromatic carbocycles. The molecule has 5 saturated heterocycles. The molecule has 0 saturated carbocycles. The van der Waals surface area contributed by atoms with Crippen LogP contribution in [0.25, 0.3) is 11.6 Å². The average molecular weight is 1850 g/mol. The van der Waals surface area contributed by atoms with Gasteiger partial charge in [0.05, 0.1) is 22.6 Å². The number of aromatic amines is 1. The number of anilines is 5. The summed E-state index contributed by atoms with van der Waals surface area (Å²) in [4.78, 5) is 95.5. The van der Waals surface area contributed by atoms with E-state index in [2.05, 4.69) is 122 Å². The van der Waals surface area contributed by atoms with Gasteiger partial charge >= 0.3 is 6.18 Å². The Balaban J connectivity index is 0.000000182. The number of aromatic nitrogens is 11. The molecule has 123 heavy (non-hydrogen) atoms. The summed E-state index contributed by atoms with van der Waals surface area (Å²) in [6.45, 7) is 37.9. The van der Waals surface area contributed by atoms with Crippen molar-refractivity contribution in [1.29, 1.82) is 0 Å². The van der Waals surface area contributed by atoms with Crippen molar-refractivity contribution in [3.05, 3.63) is 225 Å². The minimum atomic E-state index is -4.30. The second kappa shape index (κ2) is 47.4. The van der Waals surface area contributed by atoms with Crippen LogP contribution in [0.4, 0.5) is 41.7 Å². The zero-order chi connectivity index (χ0) is 89.9. The Morgan fingerprint density at radius 2 is 0.764 bits per heavy atom. The number of amides is 5. The van der Waals surface area contributed by atoms with Crippen LogP contribution in [0.2, 0.25) is 41.0 Å². The van der Waals surface area contributed by atoms with E-state index in [0.29, 0.717) is 59.9 Å². The number of piperazine rings is 5. The van der Waals surface area contributed by atoms with Crippen molar-refractivity contribution in [2.75, 3.05) is 156 Å². The molecule has 5 amide bonds. The molecule has 27 nitrogen and oxygen atoms in total. The summed E-state index contributed by atoms with van der Waals surface area (Å²) < 4.78 is 39.5. The number of nitrogens with zero attached hydrogens (tertiary/aromatic N) is 19. The van der Waals surface area contributed by atoms with Crippen LogP contribution in [0.15, 0.2) is 127 Å². The van der Waals surface area contributed by atoms with Gasteiger partial charge in [-0.15, -0.1) is 0 Å². The topological polar surface area (TPSA) is 281 Å². The third-order valence-corrected chi connectivity index (χ3v) is 21.3. The van der Waals surface area contributed by atoms with Crippen molar-refractivity contribution >= 4 is 151 Å². The minimum Gasteiger partial charge on any atom is -0.399 e. The molecule has 4 N–H and O–H groups in total. The fraction of sp³-hybridized carbons (Fsp3) is 0.400. The molecule has 8 aromatic heterocycles. The Morgan fingerprint density at radius 1 is 0.390 bits per heavy atom. The summed E-state index contributed by atoms with van der Waals surface area (Å²) in [7, 11) is 0. The second-order valence-corrected chi connectivity index (χ2v) is 32.6. The third-order valence-electron chi connectivity index (χ3n) is 19.7. The zero-order valence-corrected chi connectivity index (χ0v) is 76.8. The number of alkyl halides is 3. The lowest BCUT2D eigenvalue weighted by atomic mass is 10.1. The van der Waals surface area contributed by atoms with Crippen molar-refractivity contribution in [1.82, 2.24) is 84.5 Å². The van der Waals surface area contributed by atoms with E-state index in [0.717, 1.165) is 205 Å². The summed E-state index contributed by atoms with van der Waals surface area (Å²) >= 11 is 46.2. The molecular formula is C85H103Cl8F3N22O5. The number of rotatable bonds is 8. The molecule has 0 aliphatic carbocycles. The first-order valence-electron chi connectivity index (χ1n) is 39.6. The monoisotopic (exact) mass is 1850 g/mol. The van der Waals surface area contributed by atoms with Crippen molar-refractivity contribution < 1.29 is 37.1 Å². The SMILES string of the molecule is CC(=O)N1CCN(c2cc(Cc3cccc(C)c3)nc(-n3nc(C)cc3C)c2)CC1.CC(=O)N1CCN(c2cc(Cl)cc(Cl)n2)CC1.CC(=O)N1CCN(c2cc(Cl)nc(-n3nc(C)cc3C)c2)CC1.CC(=O)N1CCN(c2cc(Cl)nc(Cl)c2)CC1.CC(=O)N1CCNCC1.Cc1cc(C)[nH]n1.Clc1cc(Cl)nc(Cl)c1.Nc1cccc(C(F)(F)F)c1. The zero-order valence-electron chi connectivity index (χ0n) is 70.7. The van der Waals surface area contributed by atoms with Gasteiger partial charge in [0.2, 0.25) is 29.5 Å². The van der Waals surface area contributed by atoms with E-state index >= 15 is 0 Å². The van der Waals surface area contributed by atoms with Gasteiger partial charge in [-0.3, -0.25) is 29.1 Å². The highest BCUT2D eigenvalue weighted by molar-refractivity contribution is 6.37. The van der Waals surface area contributed by atoms with Gasteiger partial charge in [-0.2, -0.15) is 28.5 Å². The van der Waals surface area contributed by atoms with Crippen LogP contribution in [0.5, 0.6) is 0 Å². The largest absolute Gasteiger partial charge is 0.416 e. The van der Waals surface area contributed by atoms with E-state index in [1.165, 1.54) is 35.4 Å². The number of aryl methyl sites for hydroxylation is 7. The van der Waals surface area contributed by atoms with Crippen molar-refractivity contribution in [2.24, 2.45) is 0 Å². The van der Waals surface area contributed by atoms with E-state index in [1.54, 1.807) is 63.6 Å². The molecule has 0 radical (unpaired) electrons. The molecule has 5 aliphatic rings. The molecule has 10 aromatic rings. The Kier molecular flexibility index (Phi) is 38.0. The molecule has 15 rings (SSSR count). The fourth-order valence-corrected chi connectivity index (χ4v) is 15.4. The standard InChI is InChI=1S/C24H29N5O.C16H20ClN5O.2C11H13Cl2N3O.C7H6F3N.C6H12N2O.C5H2Cl3N.C5H8N2/c1-17-6-5-7-21(12-17)14-22-15-23(28-10-8-27(9-11-28)20(4)30)16-24(25-22)29-19(3)13-18(2)26-29;1-11-8-12(2)22(19-11)16-10-14(9-15(17)18-16)21-6-4-20(5-7-21)13(3)23;1-8(17)15-2-4-16(5-3-15)9-6-10(12)14-11(13)7-9;1-8(17)15-2-4-16(5-3-15)11-7-9(12)6-10(13)14-11;8-7(9,10)5-2-1-3-6(11)4-5;1-6(9)8-4-2-7-3-5-8;6-3-1-4(7)9-5(8)2-3;1-4-3-5(2)7-6-4/h5-7,12-13,15-16H,8-11,14H2,1-4H3;8-10H,4-7H2,1-3H3;2*6-7H,2-5H2,1H3;1-4H,11H2;7H,2-5H2,1H3;1-2H;3H,1-2H3,(H,6,7). The number of carbonyl (C=O) groups is 5. The number of carbonyl (C=O) groups excluding carboxylic acids is 5. The Bertz CT molecular complexity index is 4990. The predicted octanol–water partition coefficient (Wildman–Crippen LogP) is 15.6. The third kappa shape index (κ3) is 32.4. The Labute approximate surface area is 755 Å². The Hall–Kier alpha value is -9.76. The lowest BCUT2D eigenvalue weighted by Gasteiger charge is -2.36. The maximum absolute atomic E-state index is 11.9. The summed E-state index contributed by atoms with van der Waals surface area (Å²) in [5.74, 6) is 3.02. The molecule has 13 heterocycles. The molecular weight excluding hydrogens is 1750 g/mol. The van der Waals surface area contributed by atoms with Gasteiger partial charge in [0.1, 0.15) is 36.7 Å². The van der Waals surface area contributed by atoms with Crippen LogP contribution >= 0.6 is 92.8 Å². The summed E-state index contributed by atoms with van der Waals surface area (Å²) in [6.07, 6.45) is -3.52. The van der Waals surface area contributed by atoms with Gasteiger partial charge in [0.15, 0.2) is 11.6 Å². The first-order valence-corrected chi connectivity index (χ1v) is 42.6. The average Bonchev–Trinajstić information content (AvgIpc) is 1.78. The molecule has 5 fully saturated rings. The van der Waals surface area contributed by atoms with Gasteiger partial charge in [-0.05, 0) is 139 Å². The van der Waals surface area contributed by atoms with E-state index in [-0.39, 0.29) is 35.2 Å². The Morgan fingerprint density at radius 3 is 1.11 bits per heavy atom. The van der Waals surface area contributed by atoms with Crippen LogP contribution in [-0.4, -0.2) is 240 Å². The van der Waals surface area contributed by atoms with Crippen LogP contribution in [0, 0.1) is 48.5 Å². The molecule has 38 heteroatoms. The number of pyridine rings is 5. The van der Waals surface area contributed by atoms with Crippen LogP contribution in [-0.2, 0) is 36.6 Å². The second-order valence-electron chi connectivity index (χ2n) is 29.4. The number of H-pyrrole nitrogens is 1. The van der Waals surface area contributed by atoms with Crippen LogP contribution in [0.3, 0.4) is 0 Å². The first kappa shape index (κ1) is 98.7. The quantitative estimate of drug-likeness (QED) is 0.0941. The minimum absolute atomic E-state index is 0.113. The predicted molar refractivity (Wildman–Crippen MR) is 485 cm³/mol. The summed E-state index contributed by atoms with van der Waals surface area (Å²) in [6, 6.07) is 37.4. The molecule has 0 bridgehead atoms. The maximum atomic E-state index is 11.9. The van der Waals surface area contributed by atoms with Gasteiger partial charge in [-0.1, -0.05) is 129 Å². The number of benzene rings is 2. The van der Waals surface area contributed by atoms with Gasteiger partial charge in [0.25, 0.3) is 0 Å². The number of nitrogen functional groups attached to an aromatic ring is 1. The van der Waals surface area contributed by atoms with Crippen molar-refractivity contribution in [3.63, 3.8) is 0 Å². The van der Waals surface area contributed by atoms with E-state index in [1.807, 2.05) is 88.1 Å². The first-order chi connectivity index (χ1) is 58.2. The lowest BCUT2D eigenvalue weighted by Crippen LogP contribution is -2.48. The number of hydrogen-bond acceptors (Lipinski definition) is 19. The number of nitrogens with one attached hydrogen (secondary N) is 2. The fourth-order valence-electron chi connectivity index (χ4n) is 13.5. The lowest BCUT2D eigenvalue weighted by molar-refractivity contribution is -0.137. The van der Waals surface area contributed by atoms with Gasteiger partial charge < -0.3 is 55.1 Å². The molecule has 0 spiro atoms. The smallest absolute Gasteiger partial charge is 0.399 e. The van der Waals surface area contributed by atoms with E-state index in [9.17, 15) is 37.1 Å². The van der Waals surface area contributed by atoms with Crippen molar-refractivity contribution in [3.8, 4) is 11.6 Å². The molecule has 0 atom stereocenters. The summed E-state index contributed by atoms with van der Waals surface area (Å²) in [5, 5.41) is 22.3. The van der Waals surface area contributed by atoms with E-state index < -0.39 is 11.7 Å². The van der Waals surface area contributed by atoms with Crippen molar-refractivity contribution in [2.45, 2.75) is 95.7 Å². The molecule has 0 unspecified atom stereocenters.